The standard InChI is InChI=1S/C23H26ClNO4/c1-23(2,3)29-22(26)25-13-11-15(12-14-25)18-5-4-6-19-20(18)28-21(27-19)16-7-9-17(24)10-8-16/h4-10,15,21H,11-14H2,1-3H3/t21-/m1/s1. The molecular weight excluding hydrogens is 390 g/mol. The molecule has 0 N–H and O–H groups in total. The molecule has 1 atom stereocenters. The fourth-order valence-electron chi connectivity index (χ4n) is 3.78. The molecule has 0 radical (unpaired) electrons. The van der Waals surface area contributed by atoms with Gasteiger partial charge in [0.25, 0.3) is 6.29 Å². The third-order valence-electron chi connectivity index (χ3n) is 5.20. The van der Waals surface area contributed by atoms with E-state index in [1.165, 1.54) is 0 Å². The van der Waals surface area contributed by atoms with Gasteiger partial charge >= 0.3 is 6.09 Å². The first-order valence-electron chi connectivity index (χ1n) is 10.00. The highest BCUT2D eigenvalue weighted by Gasteiger charge is 2.33. The van der Waals surface area contributed by atoms with Gasteiger partial charge in [0.15, 0.2) is 11.5 Å². The Morgan fingerprint density at radius 3 is 2.41 bits per heavy atom. The third-order valence-corrected chi connectivity index (χ3v) is 5.45. The monoisotopic (exact) mass is 415 g/mol. The number of rotatable bonds is 2. The highest BCUT2D eigenvalue weighted by Crippen LogP contribution is 2.47. The van der Waals surface area contributed by atoms with Crippen molar-refractivity contribution in [3.05, 3.63) is 58.6 Å². The molecule has 0 unspecified atom stereocenters. The number of hydrogen-bond donors (Lipinski definition) is 0. The Morgan fingerprint density at radius 2 is 1.76 bits per heavy atom. The van der Waals surface area contributed by atoms with E-state index in [1.54, 1.807) is 4.90 Å². The van der Waals surface area contributed by atoms with E-state index in [4.69, 9.17) is 25.8 Å². The van der Waals surface area contributed by atoms with Crippen LogP contribution in [0.2, 0.25) is 5.02 Å². The number of para-hydroxylation sites is 1. The first-order chi connectivity index (χ1) is 13.8. The van der Waals surface area contributed by atoms with Gasteiger partial charge in [0, 0.05) is 29.2 Å². The number of benzene rings is 2. The second-order valence-electron chi connectivity index (χ2n) is 8.54. The maximum atomic E-state index is 12.3. The van der Waals surface area contributed by atoms with Crippen molar-refractivity contribution in [1.82, 2.24) is 4.90 Å². The van der Waals surface area contributed by atoms with Crippen LogP contribution in [-0.2, 0) is 4.74 Å². The van der Waals surface area contributed by atoms with Crippen molar-refractivity contribution in [1.29, 1.82) is 0 Å². The summed E-state index contributed by atoms with van der Waals surface area (Å²) in [4.78, 5) is 14.1. The number of fused-ring (bicyclic) bond motifs is 1. The third kappa shape index (κ3) is 4.45. The summed E-state index contributed by atoms with van der Waals surface area (Å²) in [6.07, 6.45) is 1.02. The molecule has 6 heteroatoms. The molecule has 2 aromatic carbocycles. The lowest BCUT2D eigenvalue weighted by Crippen LogP contribution is -2.41. The summed E-state index contributed by atoms with van der Waals surface area (Å²) in [6.45, 7) is 7.01. The van der Waals surface area contributed by atoms with Crippen LogP contribution in [0.25, 0.3) is 0 Å². The van der Waals surface area contributed by atoms with Gasteiger partial charge in [-0.3, -0.25) is 0 Å². The summed E-state index contributed by atoms with van der Waals surface area (Å²) in [7, 11) is 0. The highest BCUT2D eigenvalue weighted by molar-refractivity contribution is 6.30. The zero-order chi connectivity index (χ0) is 20.6. The number of carbonyl (C=O) groups is 1. The van der Waals surface area contributed by atoms with Gasteiger partial charge in [-0.1, -0.05) is 35.9 Å². The molecule has 2 heterocycles. The fraction of sp³-hybridized carbons (Fsp3) is 0.435. The molecular formula is C23H26ClNO4. The molecule has 1 saturated heterocycles. The minimum atomic E-state index is -0.476. The average molecular weight is 416 g/mol. The zero-order valence-corrected chi connectivity index (χ0v) is 17.7. The predicted molar refractivity (Wildman–Crippen MR) is 112 cm³/mol. The number of carbonyl (C=O) groups excluding carboxylic acids is 1. The normalized spacial score (nSPS) is 19.3. The van der Waals surface area contributed by atoms with Crippen LogP contribution < -0.4 is 9.47 Å². The van der Waals surface area contributed by atoms with Crippen LogP contribution in [-0.4, -0.2) is 29.7 Å². The van der Waals surface area contributed by atoms with Gasteiger partial charge in [-0.2, -0.15) is 0 Å². The van der Waals surface area contributed by atoms with E-state index < -0.39 is 11.9 Å². The maximum Gasteiger partial charge on any atom is 0.410 e. The fourth-order valence-corrected chi connectivity index (χ4v) is 3.90. The number of nitrogens with zero attached hydrogens (tertiary/aromatic N) is 1. The molecule has 0 spiro atoms. The van der Waals surface area contributed by atoms with Crippen molar-refractivity contribution in [2.24, 2.45) is 0 Å². The lowest BCUT2D eigenvalue weighted by atomic mass is 9.89. The van der Waals surface area contributed by atoms with Crippen LogP contribution in [0.5, 0.6) is 11.5 Å². The summed E-state index contributed by atoms with van der Waals surface area (Å²) in [6, 6.07) is 13.5. The molecule has 1 fully saturated rings. The Labute approximate surface area is 176 Å². The molecule has 154 valence electrons. The van der Waals surface area contributed by atoms with E-state index in [2.05, 4.69) is 6.07 Å². The zero-order valence-electron chi connectivity index (χ0n) is 17.0. The quantitative estimate of drug-likeness (QED) is 0.610. The average Bonchev–Trinajstić information content (AvgIpc) is 3.11. The highest BCUT2D eigenvalue weighted by atomic mass is 35.5. The Kier molecular flexibility index (Phi) is 5.34. The van der Waals surface area contributed by atoms with Gasteiger partial charge in [0.1, 0.15) is 5.60 Å². The van der Waals surface area contributed by atoms with Crippen LogP contribution in [0.3, 0.4) is 0 Å². The molecule has 2 aliphatic heterocycles. The number of likely N-dealkylation sites (tertiary alicyclic amines) is 1. The summed E-state index contributed by atoms with van der Waals surface area (Å²) < 4.78 is 17.7. The molecule has 2 aromatic rings. The van der Waals surface area contributed by atoms with Crippen molar-refractivity contribution in [2.75, 3.05) is 13.1 Å². The first kappa shape index (κ1) is 19.9. The molecule has 1 amide bonds. The Morgan fingerprint density at radius 1 is 1.07 bits per heavy atom. The SMILES string of the molecule is CC(C)(C)OC(=O)N1CCC(c2cccc3c2O[C@H](c2ccc(Cl)cc2)O3)CC1. The van der Waals surface area contributed by atoms with Crippen molar-refractivity contribution in [2.45, 2.75) is 51.4 Å². The van der Waals surface area contributed by atoms with E-state index in [9.17, 15) is 4.79 Å². The van der Waals surface area contributed by atoms with Crippen LogP contribution in [0.15, 0.2) is 42.5 Å². The topological polar surface area (TPSA) is 48.0 Å². The van der Waals surface area contributed by atoms with Gasteiger partial charge in [0.2, 0.25) is 0 Å². The van der Waals surface area contributed by atoms with Gasteiger partial charge in [-0.05, 0) is 57.7 Å². The van der Waals surface area contributed by atoms with Gasteiger partial charge in [-0.15, -0.1) is 0 Å². The molecule has 0 aliphatic carbocycles. The molecule has 29 heavy (non-hydrogen) atoms. The van der Waals surface area contributed by atoms with Crippen molar-refractivity contribution < 1.29 is 19.0 Å². The van der Waals surface area contributed by atoms with Crippen LogP contribution in [0.1, 0.15) is 56.9 Å². The lowest BCUT2D eigenvalue weighted by Gasteiger charge is -2.33. The molecule has 4 rings (SSSR count). The molecule has 2 aliphatic rings. The molecule has 0 bridgehead atoms. The second kappa shape index (κ2) is 7.79. The molecule has 0 aromatic heterocycles. The number of amides is 1. The van der Waals surface area contributed by atoms with E-state index >= 15 is 0 Å². The summed E-state index contributed by atoms with van der Waals surface area (Å²) in [5.41, 5.74) is 1.59. The summed E-state index contributed by atoms with van der Waals surface area (Å²) in [5, 5.41) is 0.682. The van der Waals surface area contributed by atoms with Crippen molar-refractivity contribution in [3.8, 4) is 11.5 Å². The number of ether oxygens (including phenoxy) is 3. The number of hydrogen-bond acceptors (Lipinski definition) is 4. The summed E-state index contributed by atoms with van der Waals surface area (Å²) in [5.74, 6) is 1.89. The number of halogens is 1. The van der Waals surface area contributed by atoms with Gasteiger partial charge < -0.3 is 19.1 Å². The minimum absolute atomic E-state index is 0.239. The Balaban J connectivity index is 1.44. The first-order valence-corrected chi connectivity index (χ1v) is 10.4. The van der Waals surface area contributed by atoms with Crippen LogP contribution >= 0.6 is 11.6 Å². The summed E-state index contributed by atoms with van der Waals surface area (Å²) >= 11 is 5.99. The van der Waals surface area contributed by atoms with Crippen molar-refractivity contribution >= 4 is 17.7 Å². The van der Waals surface area contributed by atoms with E-state index in [-0.39, 0.29) is 6.09 Å². The van der Waals surface area contributed by atoms with Crippen LogP contribution in [0.4, 0.5) is 4.79 Å². The Hall–Kier alpha value is -2.40. The van der Waals surface area contributed by atoms with Gasteiger partial charge in [0.05, 0.1) is 0 Å². The van der Waals surface area contributed by atoms with Crippen molar-refractivity contribution in [3.63, 3.8) is 0 Å². The molecule has 0 saturated carbocycles. The van der Waals surface area contributed by atoms with E-state index in [1.807, 2.05) is 57.2 Å². The van der Waals surface area contributed by atoms with E-state index in [0.29, 0.717) is 24.0 Å². The van der Waals surface area contributed by atoms with Gasteiger partial charge in [-0.25, -0.2) is 4.79 Å². The minimum Gasteiger partial charge on any atom is -0.447 e. The number of piperidine rings is 1. The lowest BCUT2D eigenvalue weighted by molar-refractivity contribution is 0.0203. The second-order valence-corrected chi connectivity index (χ2v) is 8.97. The maximum absolute atomic E-state index is 12.3. The largest absolute Gasteiger partial charge is 0.447 e. The smallest absolute Gasteiger partial charge is 0.410 e. The Bertz CT molecular complexity index is 883. The molecule has 5 nitrogen and oxygen atoms in total. The van der Waals surface area contributed by atoms with Crippen LogP contribution in [0, 0.1) is 0 Å². The predicted octanol–water partition coefficient (Wildman–Crippen LogP) is 5.92. The van der Waals surface area contributed by atoms with E-state index in [0.717, 1.165) is 35.5 Å².